The van der Waals surface area contributed by atoms with Gasteiger partial charge in [0.05, 0.1) is 12.3 Å². The van der Waals surface area contributed by atoms with E-state index in [1.807, 2.05) is 18.4 Å². The summed E-state index contributed by atoms with van der Waals surface area (Å²) in [5.41, 5.74) is 5.60. The molecule has 1 aromatic heterocycles. The van der Waals surface area contributed by atoms with E-state index in [1.54, 1.807) is 0 Å². The summed E-state index contributed by atoms with van der Waals surface area (Å²) in [5.74, 6) is -0.118. The highest BCUT2D eigenvalue weighted by molar-refractivity contribution is 7.99. The van der Waals surface area contributed by atoms with E-state index in [2.05, 4.69) is 15.5 Å². The van der Waals surface area contributed by atoms with Crippen molar-refractivity contribution in [3.05, 3.63) is 5.82 Å². The first kappa shape index (κ1) is 17.4. The van der Waals surface area contributed by atoms with E-state index in [4.69, 9.17) is 10.8 Å². The van der Waals surface area contributed by atoms with Gasteiger partial charge in [-0.05, 0) is 20.3 Å². The molecule has 0 aromatic carbocycles. The molecule has 0 spiro atoms. The minimum absolute atomic E-state index is 0.0506. The van der Waals surface area contributed by atoms with Crippen molar-refractivity contribution in [1.82, 2.24) is 20.1 Å². The molecule has 9 heteroatoms. The number of hydrogen-bond acceptors (Lipinski definition) is 6. The summed E-state index contributed by atoms with van der Waals surface area (Å²) in [6.07, 6.45) is 0.472. The number of nitrogens with zero attached hydrogens (tertiary/aromatic N) is 3. The lowest BCUT2D eigenvalue weighted by Gasteiger charge is -2.12. The molecular formula is C12H21N5O3S. The van der Waals surface area contributed by atoms with Gasteiger partial charge in [-0.3, -0.25) is 9.59 Å². The topological polar surface area (TPSA) is 123 Å². The van der Waals surface area contributed by atoms with Gasteiger partial charge in [0.25, 0.3) is 0 Å². The largest absolute Gasteiger partial charge is 0.481 e. The number of carbonyl (C=O) groups is 2. The SMILES string of the molecule is CC(C)n1c(CN)nnc1SCC(=O)NCCCC(=O)O. The van der Waals surface area contributed by atoms with E-state index in [1.165, 1.54) is 11.8 Å². The number of amides is 1. The van der Waals surface area contributed by atoms with Crippen LogP contribution in [0.4, 0.5) is 0 Å². The average Bonchev–Trinajstić information content (AvgIpc) is 2.84. The summed E-state index contributed by atoms with van der Waals surface area (Å²) in [4.78, 5) is 22.0. The average molecular weight is 315 g/mol. The van der Waals surface area contributed by atoms with Crippen LogP contribution in [-0.2, 0) is 16.1 Å². The molecule has 0 unspecified atom stereocenters. The van der Waals surface area contributed by atoms with Crippen LogP contribution in [-0.4, -0.2) is 44.0 Å². The zero-order valence-corrected chi connectivity index (χ0v) is 13.0. The van der Waals surface area contributed by atoms with Crippen LogP contribution in [0.2, 0.25) is 0 Å². The smallest absolute Gasteiger partial charge is 0.303 e. The van der Waals surface area contributed by atoms with Crippen LogP contribution in [0.3, 0.4) is 0 Å². The standard InChI is InChI=1S/C12H21N5O3S/c1-8(2)17-9(6-13)15-16-12(17)21-7-10(18)14-5-3-4-11(19)20/h8H,3-7,13H2,1-2H3,(H,14,18)(H,19,20). The molecule has 0 saturated heterocycles. The van der Waals surface area contributed by atoms with Crippen LogP contribution in [0.5, 0.6) is 0 Å². The zero-order valence-electron chi connectivity index (χ0n) is 12.2. The number of carbonyl (C=O) groups excluding carboxylic acids is 1. The van der Waals surface area contributed by atoms with Crippen LogP contribution < -0.4 is 11.1 Å². The Morgan fingerprint density at radius 2 is 2.14 bits per heavy atom. The van der Waals surface area contributed by atoms with Gasteiger partial charge < -0.3 is 20.7 Å². The second kappa shape index (κ2) is 8.63. The molecule has 21 heavy (non-hydrogen) atoms. The first-order valence-electron chi connectivity index (χ1n) is 6.70. The Morgan fingerprint density at radius 1 is 1.43 bits per heavy atom. The number of carboxylic acids is 1. The third kappa shape index (κ3) is 5.72. The molecule has 0 atom stereocenters. The molecule has 1 heterocycles. The summed E-state index contributed by atoms with van der Waals surface area (Å²) < 4.78 is 1.91. The summed E-state index contributed by atoms with van der Waals surface area (Å²) in [6.45, 7) is 4.65. The highest BCUT2D eigenvalue weighted by Gasteiger charge is 2.15. The highest BCUT2D eigenvalue weighted by Crippen LogP contribution is 2.21. The van der Waals surface area contributed by atoms with Gasteiger partial charge >= 0.3 is 5.97 Å². The molecule has 4 N–H and O–H groups in total. The lowest BCUT2D eigenvalue weighted by molar-refractivity contribution is -0.137. The predicted molar refractivity (Wildman–Crippen MR) is 78.9 cm³/mol. The Bertz CT molecular complexity index is 489. The summed E-state index contributed by atoms with van der Waals surface area (Å²) in [5, 5.41) is 19.9. The molecule has 0 aliphatic carbocycles. The molecule has 1 amide bonds. The van der Waals surface area contributed by atoms with E-state index in [0.29, 0.717) is 30.5 Å². The van der Waals surface area contributed by atoms with Crippen molar-refractivity contribution < 1.29 is 14.7 Å². The van der Waals surface area contributed by atoms with Gasteiger partial charge in [-0.1, -0.05) is 11.8 Å². The van der Waals surface area contributed by atoms with Crippen LogP contribution in [0, 0.1) is 0 Å². The van der Waals surface area contributed by atoms with Crippen LogP contribution in [0.1, 0.15) is 38.6 Å². The number of carboxylic acid groups (broad SMARTS) is 1. The molecule has 1 aromatic rings. The summed E-state index contributed by atoms with van der Waals surface area (Å²) >= 11 is 1.29. The van der Waals surface area contributed by atoms with Gasteiger partial charge in [0.2, 0.25) is 5.91 Å². The monoisotopic (exact) mass is 315 g/mol. The van der Waals surface area contributed by atoms with Crippen molar-refractivity contribution in [3.8, 4) is 0 Å². The van der Waals surface area contributed by atoms with E-state index >= 15 is 0 Å². The number of rotatable bonds is 9. The van der Waals surface area contributed by atoms with Crippen LogP contribution in [0.25, 0.3) is 0 Å². The van der Waals surface area contributed by atoms with Crippen LogP contribution >= 0.6 is 11.8 Å². The second-order valence-corrected chi connectivity index (χ2v) is 5.65. The molecule has 1 rings (SSSR count). The van der Waals surface area contributed by atoms with E-state index in [9.17, 15) is 9.59 Å². The fourth-order valence-electron chi connectivity index (χ4n) is 1.71. The first-order valence-corrected chi connectivity index (χ1v) is 7.69. The third-order valence-corrected chi connectivity index (χ3v) is 3.60. The number of aromatic nitrogens is 3. The van der Waals surface area contributed by atoms with E-state index in [0.717, 1.165) is 0 Å². The highest BCUT2D eigenvalue weighted by atomic mass is 32.2. The van der Waals surface area contributed by atoms with Crippen molar-refractivity contribution in [1.29, 1.82) is 0 Å². The summed E-state index contributed by atoms with van der Waals surface area (Å²) in [7, 11) is 0. The van der Waals surface area contributed by atoms with Crippen molar-refractivity contribution in [2.24, 2.45) is 5.73 Å². The van der Waals surface area contributed by atoms with Gasteiger partial charge in [0.15, 0.2) is 5.16 Å². The van der Waals surface area contributed by atoms with Gasteiger partial charge in [0.1, 0.15) is 5.82 Å². The number of hydrogen-bond donors (Lipinski definition) is 3. The quantitative estimate of drug-likeness (QED) is 0.445. The van der Waals surface area contributed by atoms with Crippen LogP contribution in [0.15, 0.2) is 5.16 Å². The molecule has 0 saturated carbocycles. The number of nitrogens with two attached hydrogens (primary N) is 1. The van der Waals surface area contributed by atoms with E-state index in [-0.39, 0.29) is 24.1 Å². The van der Waals surface area contributed by atoms with Gasteiger partial charge in [-0.15, -0.1) is 10.2 Å². The first-order chi connectivity index (χ1) is 9.95. The molecule has 0 aliphatic heterocycles. The lowest BCUT2D eigenvalue weighted by Crippen LogP contribution is -2.26. The fourth-order valence-corrected chi connectivity index (χ4v) is 2.63. The van der Waals surface area contributed by atoms with Gasteiger partial charge in [-0.25, -0.2) is 0 Å². The maximum absolute atomic E-state index is 11.7. The number of nitrogens with one attached hydrogen (secondary N) is 1. The Labute approximate surface area is 127 Å². The van der Waals surface area contributed by atoms with Crippen molar-refractivity contribution in [2.45, 2.75) is 44.4 Å². The maximum Gasteiger partial charge on any atom is 0.303 e. The Hall–Kier alpha value is -1.61. The zero-order chi connectivity index (χ0) is 15.8. The third-order valence-electron chi connectivity index (χ3n) is 2.66. The molecule has 0 bridgehead atoms. The summed E-state index contributed by atoms with van der Waals surface area (Å²) in [6, 6.07) is 0.166. The number of thioether (sulfide) groups is 1. The molecule has 118 valence electrons. The van der Waals surface area contributed by atoms with E-state index < -0.39 is 5.97 Å². The van der Waals surface area contributed by atoms with Gasteiger partial charge in [-0.2, -0.15) is 0 Å². The normalized spacial score (nSPS) is 10.9. The lowest BCUT2D eigenvalue weighted by atomic mass is 10.3. The molecule has 0 aliphatic rings. The minimum Gasteiger partial charge on any atom is -0.481 e. The molecule has 0 fully saturated rings. The van der Waals surface area contributed by atoms with Gasteiger partial charge in [0, 0.05) is 19.0 Å². The Morgan fingerprint density at radius 3 is 2.71 bits per heavy atom. The van der Waals surface area contributed by atoms with Crippen molar-refractivity contribution >= 4 is 23.6 Å². The number of aliphatic carboxylic acids is 1. The Balaban J connectivity index is 2.43. The van der Waals surface area contributed by atoms with Crippen molar-refractivity contribution in [3.63, 3.8) is 0 Å². The second-order valence-electron chi connectivity index (χ2n) is 4.70. The molecular weight excluding hydrogens is 294 g/mol. The maximum atomic E-state index is 11.7. The Kier molecular flexibility index (Phi) is 7.17. The van der Waals surface area contributed by atoms with Crippen molar-refractivity contribution in [2.75, 3.05) is 12.3 Å². The molecule has 0 radical (unpaired) electrons. The molecule has 8 nitrogen and oxygen atoms in total. The minimum atomic E-state index is -0.863. The predicted octanol–water partition coefficient (Wildman–Crippen LogP) is 0.391. The fraction of sp³-hybridized carbons (Fsp3) is 0.667.